The van der Waals surface area contributed by atoms with Gasteiger partial charge in [0.05, 0.1) is 6.54 Å². The molecule has 0 unspecified atom stereocenters. The summed E-state index contributed by atoms with van der Waals surface area (Å²) in [5.74, 6) is 1.87. The Balaban J connectivity index is 1.47. The Kier molecular flexibility index (Phi) is 4.49. The summed E-state index contributed by atoms with van der Waals surface area (Å²) in [6.07, 6.45) is 3.48. The third-order valence-electron chi connectivity index (χ3n) is 4.46. The molecule has 0 spiro atoms. The number of rotatable bonds is 4. The highest BCUT2D eigenvalue weighted by Crippen LogP contribution is 2.41. The third-order valence-corrected chi connectivity index (χ3v) is 4.46. The predicted molar refractivity (Wildman–Crippen MR) is 76.2 cm³/mol. The van der Waals surface area contributed by atoms with Gasteiger partial charge in [0.15, 0.2) is 0 Å². The maximum atomic E-state index is 12.6. The van der Waals surface area contributed by atoms with Crippen molar-refractivity contribution >= 4 is 6.03 Å². The number of amides is 2. The predicted octanol–water partition coefficient (Wildman–Crippen LogP) is 2.75. The lowest BCUT2D eigenvalue weighted by Crippen LogP contribution is -2.44. The fraction of sp³-hybridized carbons (Fsp3) is 0.667. The van der Waals surface area contributed by atoms with Gasteiger partial charge in [-0.15, -0.1) is 0 Å². The van der Waals surface area contributed by atoms with E-state index >= 15 is 0 Å². The summed E-state index contributed by atoms with van der Waals surface area (Å²) in [6.45, 7) is 1.61. The average molecular weight is 310 g/mol. The summed E-state index contributed by atoms with van der Waals surface area (Å²) in [5, 5.41) is 2.71. The van der Waals surface area contributed by atoms with E-state index in [9.17, 15) is 13.6 Å². The maximum absolute atomic E-state index is 12.6. The molecule has 0 atom stereocenters. The van der Waals surface area contributed by atoms with Crippen LogP contribution in [-0.2, 0) is 6.54 Å². The summed E-state index contributed by atoms with van der Waals surface area (Å²) in [6, 6.07) is 1.01. The average Bonchev–Trinajstić information content (AvgIpc) is 3.38. The number of nitrogens with zero attached hydrogens (tertiary/aromatic N) is 3. The van der Waals surface area contributed by atoms with Crippen LogP contribution in [0.2, 0.25) is 0 Å². The molecule has 0 aromatic carbocycles. The zero-order valence-corrected chi connectivity index (χ0v) is 12.3. The van der Waals surface area contributed by atoms with E-state index < -0.39 is 6.43 Å². The maximum Gasteiger partial charge on any atom is 0.317 e. The molecule has 1 saturated heterocycles. The lowest BCUT2D eigenvalue weighted by Gasteiger charge is -2.32. The van der Waals surface area contributed by atoms with Crippen molar-refractivity contribution in [2.45, 2.75) is 38.7 Å². The van der Waals surface area contributed by atoms with E-state index in [2.05, 4.69) is 15.3 Å². The Morgan fingerprint density at radius 3 is 2.59 bits per heavy atom. The van der Waals surface area contributed by atoms with Gasteiger partial charge < -0.3 is 10.2 Å². The van der Waals surface area contributed by atoms with Crippen LogP contribution in [0.1, 0.15) is 43.6 Å². The first-order valence-corrected chi connectivity index (χ1v) is 7.76. The molecule has 1 aromatic heterocycles. The van der Waals surface area contributed by atoms with Crippen LogP contribution in [0, 0.1) is 11.8 Å². The highest BCUT2D eigenvalue weighted by molar-refractivity contribution is 5.74. The number of halogens is 2. The molecular formula is C15H20F2N4O. The number of alkyl halides is 2. The minimum Gasteiger partial charge on any atom is -0.331 e. The molecule has 2 heterocycles. The largest absolute Gasteiger partial charge is 0.331 e. The minimum absolute atomic E-state index is 0.0714. The van der Waals surface area contributed by atoms with Gasteiger partial charge >= 0.3 is 6.03 Å². The van der Waals surface area contributed by atoms with Crippen LogP contribution < -0.4 is 5.32 Å². The molecule has 0 bridgehead atoms. The van der Waals surface area contributed by atoms with Gasteiger partial charge in [0.1, 0.15) is 11.5 Å². The van der Waals surface area contributed by atoms with Crippen LogP contribution in [0.3, 0.4) is 0 Å². The molecule has 3 rings (SSSR count). The van der Waals surface area contributed by atoms with E-state index in [1.165, 1.54) is 25.1 Å². The standard InChI is InChI=1S/C15H20F2N4O/c16-14(17)12-3-6-18-13(20-12)9-19-15(22)21-7-4-11(5-8-21)10-1-2-10/h3,6,10-11,14H,1-2,4-5,7-9H2,(H,19,22). The van der Waals surface area contributed by atoms with Crippen molar-refractivity contribution < 1.29 is 13.6 Å². The molecule has 22 heavy (non-hydrogen) atoms. The number of carbonyl (C=O) groups excluding carboxylic acids is 1. The first-order chi connectivity index (χ1) is 10.6. The smallest absolute Gasteiger partial charge is 0.317 e. The molecule has 1 N–H and O–H groups in total. The zero-order chi connectivity index (χ0) is 15.5. The van der Waals surface area contributed by atoms with Gasteiger partial charge in [-0.3, -0.25) is 0 Å². The summed E-state index contributed by atoms with van der Waals surface area (Å²) in [5.41, 5.74) is -0.315. The molecular weight excluding hydrogens is 290 g/mol. The number of urea groups is 1. The van der Waals surface area contributed by atoms with Gasteiger partial charge in [0.2, 0.25) is 0 Å². The van der Waals surface area contributed by atoms with Crippen molar-refractivity contribution in [3.05, 3.63) is 23.8 Å². The van der Waals surface area contributed by atoms with E-state index in [1.54, 1.807) is 4.90 Å². The normalized spacial score (nSPS) is 19.5. The number of piperidine rings is 1. The summed E-state index contributed by atoms with van der Waals surface area (Å²) in [7, 11) is 0. The topological polar surface area (TPSA) is 58.1 Å². The van der Waals surface area contributed by atoms with Crippen molar-refractivity contribution in [2.75, 3.05) is 13.1 Å². The van der Waals surface area contributed by atoms with Crippen LogP contribution >= 0.6 is 0 Å². The van der Waals surface area contributed by atoms with Gasteiger partial charge in [-0.2, -0.15) is 0 Å². The first-order valence-electron chi connectivity index (χ1n) is 7.76. The lowest BCUT2D eigenvalue weighted by atomic mass is 9.92. The zero-order valence-electron chi connectivity index (χ0n) is 12.3. The van der Waals surface area contributed by atoms with Gasteiger partial charge in [-0.05, 0) is 43.6 Å². The van der Waals surface area contributed by atoms with Crippen molar-refractivity contribution in [1.82, 2.24) is 20.2 Å². The monoisotopic (exact) mass is 310 g/mol. The van der Waals surface area contributed by atoms with Crippen molar-refractivity contribution in [2.24, 2.45) is 11.8 Å². The molecule has 1 aliphatic heterocycles. The molecule has 2 fully saturated rings. The van der Waals surface area contributed by atoms with E-state index in [0.29, 0.717) is 0 Å². The Morgan fingerprint density at radius 1 is 1.27 bits per heavy atom. The minimum atomic E-state index is -2.63. The van der Waals surface area contributed by atoms with Crippen LogP contribution in [-0.4, -0.2) is 34.0 Å². The van der Waals surface area contributed by atoms with E-state index in [-0.39, 0.29) is 24.1 Å². The molecule has 5 nitrogen and oxygen atoms in total. The highest BCUT2D eigenvalue weighted by atomic mass is 19.3. The Morgan fingerprint density at radius 2 is 1.95 bits per heavy atom. The molecule has 2 amide bonds. The molecule has 2 aliphatic rings. The van der Waals surface area contributed by atoms with Gasteiger partial charge in [-0.25, -0.2) is 23.5 Å². The highest BCUT2D eigenvalue weighted by Gasteiger charge is 2.34. The molecule has 0 radical (unpaired) electrons. The number of aromatic nitrogens is 2. The Bertz CT molecular complexity index is 528. The fourth-order valence-corrected chi connectivity index (χ4v) is 3.03. The second-order valence-corrected chi connectivity index (χ2v) is 6.02. The van der Waals surface area contributed by atoms with Crippen LogP contribution in [0.25, 0.3) is 0 Å². The molecule has 1 aliphatic carbocycles. The van der Waals surface area contributed by atoms with Crippen LogP contribution in [0.4, 0.5) is 13.6 Å². The van der Waals surface area contributed by atoms with E-state index in [0.717, 1.165) is 37.8 Å². The quantitative estimate of drug-likeness (QED) is 0.930. The van der Waals surface area contributed by atoms with Gasteiger partial charge in [-0.1, -0.05) is 0 Å². The third kappa shape index (κ3) is 3.69. The van der Waals surface area contributed by atoms with Gasteiger partial charge in [0, 0.05) is 19.3 Å². The Labute approximate surface area is 128 Å². The van der Waals surface area contributed by atoms with Crippen molar-refractivity contribution in [3.63, 3.8) is 0 Å². The van der Waals surface area contributed by atoms with Crippen molar-refractivity contribution in [1.29, 1.82) is 0 Å². The lowest BCUT2D eigenvalue weighted by molar-refractivity contribution is 0.145. The number of hydrogen-bond donors (Lipinski definition) is 1. The number of likely N-dealkylation sites (tertiary alicyclic amines) is 1. The van der Waals surface area contributed by atoms with Crippen LogP contribution in [0.15, 0.2) is 12.3 Å². The first kappa shape index (κ1) is 15.1. The number of nitrogens with one attached hydrogen (secondary N) is 1. The summed E-state index contributed by atoms with van der Waals surface area (Å²) >= 11 is 0. The van der Waals surface area contributed by atoms with Crippen LogP contribution in [0.5, 0.6) is 0 Å². The fourth-order valence-electron chi connectivity index (χ4n) is 3.03. The summed E-state index contributed by atoms with van der Waals surface area (Å²) < 4.78 is 25.1. The Hall–Kier alpha value is -1.79. The number of hydrogen-bond acceptors (Lipinski definition) is 3. The van der Waals surface area contributed by atoms with Gasteiger partial charge in [0.25, 0.3) is 6.43 Å². The molecule has 120 valence electrons. The molecule has 7 heteroatoms. The second kappa shape index (κ2) is 6.54. The van der Waals surface area contributed by atoms with E-state index in [4.69, 9.17) is 0 Å². The van der Waals surface area contributed by atoms with E-state index in [1.807, 2.05) is 0 Å². The SMILES string of the molecule is O=C(NCc1nccc(C(F)F)n1)N1CCC(C2CC2)CC1. The second-order valence-electron chi connectivity index (χ2n) is 6.02. The summed E-state index contributed by atoms with van der Waals surface area (Å²) in [4.78, 5) is 21.5. The number of carbonyl (C=O) groups is 1. The van der Waals surface area contributed by atoms with Crippen molar-refractivity contribution in [3.8, 4) is 0 Å². The molecule has 1 aromatic rings. The molecule has 1 saturated carbocycles.